The Morgan fingerprint density at radius 2 is 1.22 bits per heavy atom. The van der Waals surface area contributed by atoms with Crippen molar-refractivity contribution in [3.05, 3.63) is 78.4 Å². The molecule has 0 aromatic heterocycles. The van der Waals surface area contributed by atoms with Crippen molar-refractivity contribution in [1.82, 2.24) is 0 Å². The van der Waals surface area contributed by atoms with Gasteiger partial charge in [0.2, 0.25) is 0 Å². The van der Waals surface area contributed by atoms with Crippen molar-refractivity contribution in [1.29, 1.82) is 0 Å². The Bertz CT molecular complexity index is 912. The lowest BCUT2D eigenvalue weighted by Gasteiger charge is -2.14. The molecule has 1 unspecified atom stereocenters. The van der Waals surface area contributed by atoms with Crippen LogP contribution < -0.4 is 4.74 Å². The van der Waals surface area contributed by atoms with Crippen LogP contribution in [0.15, 0.2) is 72.8 Å². The number of ether oxygens (including phenoxy) is 2. The van der Waals surface area contributed by atoms with E-state index in [1.54, 1.807) is 0 Å². The molecule has 1 atom stereocenters. The van der Waals surface area contributed by atoms with E-state index in [2.05, 4.69) is 86.6 Å². The standard InChI is InChI=1S/C30H38O2/c1-4-6-7-8-9-12-23-32-28-21-19-27(20-22-28)30-14-11-10-13-29(30)26-17-15-25(16-18-26)24(3)31-5-2/h10-11,13-22,24H,4-9,12,23H2,1-3H3. The van der Waals surface area contributed by atoms with E-state index in [-0.39, 0.29) is 6.10 Å². The van der Waals surface area contributed by atoms with Gasteiger partial charge in [-0.2, -0.15) is 0 Å². The summed E-state index contributed by atoms with van der Waals surface area (Å²) in [6, 6.07) is 25.9. The van der Waals surface area contributed by atoms with Gasteiger partial charge in [0.25, 0.3) is 0 Å². The molecule has 0 radical (unpaired) electrons. The van der Waals surface area contributed by atoms with Crippen molar-refractivity contribution in [3.63, 3.8) is 0 Å². The van der Waals surface area contributed by atoms with Crippen LogP contribution in [0.25, 0.3) is 22.3 Å². The molecule has 0 spiro atoms. The molecule has 0 N–H and O–H groups in total. The van der Waals surface area contributed by atoms with E-state index in [0.717, 1.165) is 25.4 Å². The zero-order valence-corrected chi connectivity index (χ0v) is 20.0. The van der Waals surface area contributed by atoms with Gasteiger partial charge in [0.1, 0.15) is 5.75 Å². The molecule has 0 heterocycles. The Morgan fingerprint density at radius 3 is 1.81 bits per heavy atom. The maximum atomic E-state index is 5.96. The van der Waals surface area contributed by atoms with Gasteiger partial charge in [-0.05, 0) is 60.2 Å². The molecule has 0 aliphatic rings. The lowest BCUT2D eigenvalue weighted by atomic mass is 9.94. The summed E-state index contributed by atoms with van der Waals surface area (Å²) >= 11 is 0. The van der Waals surface area contributed by atoms with Crippen LogP contribution in [-0.2, 0) is 4.74 Å². The highest BCUT2D eigenvalue weighted by molar-refractivity contribution is 5.83. The predicted octanol–water partition coefficient (Wildman–Crippen LogP) is 8.86. The van der Waals surface area contributed by atoms with Gasteiger partial charge in [0.05, 0.1) is 12.7 Å². The summed E-state index contributed by atoms with van der Waals surface area (Å²) in [4.78, 5) is 0. The van der Waals surface area contributed by atoms with Crippen LogP contribution >= 0.6 is 0 Å². The summed E-state index contributed by atoms with van der Waals surface area (Å²) in [5.41, 5.74) is 6.11. The number of benzene rings is 3. The molecule has 0 aliphatic heterocycles. The fourth-order valence-corrected chi connectivity index (χ4v) is 4.07. The summed E-state index contributed by atoms with van der Waals surface area (Å²) in [5, 5.41) is 0. The second kappa shape index (κ2) is 13.1. The van der Waals surface area contributed by atoms with Crippen LogP contribution in [0.3, 0.4) is 0 Å². The zero-order chi connectivity index (χ0) is 22.6. The molecule has 32 heavy (non-hydrogen) atoms. The minimum Gasteiger partial charge on any atom is -0.494 e. The van der Waals surface area contributed by atoms with Gasteiger partial charge in [-0.15, -0.1) is 0 Å². The van der Waals surface area contributed by atoms with Crippen molar-refractivity contribution >= 4 is 0 Å². The third-order valence-corrected chi connectivity index (χ3v) is 5.97. The smallest absolute Gasteiger partial charge is 0.119 e. The SMILES string of the molecule is CCCCCCCCOc1ccc(-c2ccccc2-c2ccc(C(C)OCC)cc2)cc1. The Labute approximate surface area is 194 Å². The quantitative estimate of drug-likeness (QED) is 0.252. The van der Waals surface area contributed by atoms with Crippen LogP contribution in [-0.4, -0.2) is 13.2 Å². The molecule has 0 aliphatic carbocycles. The first-order chi connectivity index (χ1) is 15.7. The number of rotatable bonds is 13. The van der Waals surface area contributed by atoms with E-state index < -0.39 is 0 Å². The fourth-order valence-electron chi connectivity index (χ4n) is 4.07. The largest absolute Gasteiger partial charge is 0.494 e. The first-order valence-electron chi connectivity index (χ1n) is 12.3. The molecule has 3 rings (SSSR count). The van der Waals surface area contributed by atoms with Crippen molar-refractivity contribution in [2.45, 2.75) is 65.4 Å². The van der Waals surface area contributed by atoms with Crippen molar-refractivity contribution in [3.8, 4) is 28.0 Å². The van der Waals surface area contributed by atoms with Gasteiger partial charge in [-0.3, -0.25) is 0 Å². The number of unbranched alkanes of at least 4 members (excludes halogenated alkanes) is 5. The minimum atomic E-state index is 0.119. The van der Waals surface area contributed by atoms with Crippen LogP contribution in [0.1, 0.15) is 71.0 Å². The Kier molecular flexibility index (Phi) is 9.84. The topological polar surface area (TPSA) is 18.5 Å². The minimum absolute atomic E-state index is 0.119. The molecule has 0 saturated carbocycles. The Morgan fingerprint density at radius 1 is 0.656 bits per heavy atom. The van der Waals surface area contributed by atoms with Gasteiger partial charge in [0.15, 0.2) is 0 Å². The summed E-state index contributed by atoms with van der Waals surface area (Å²) < 4.78 is 11.7. The predicted molar refractivity (Wildman–Crippen MR) is 136 cm³/mol. The molecular formula is C30H38O2. The zero-order valence-electron chi connectivity index (χ0n) is 20.0. The third-order valence-electron chi connectivity index (χ3n) is 5.97. The lowest BCUT2D eigenvalue weighted by molar-refractivity contribution is 0.0764. The van der Waals surface area contributed by atoms with E-state index >= 15 is 0 Å². The molecule has 170 valence electrons. The highest BCUT2D eigenvalue weighted by Gasteiger charge is 2.09. The second-order valence-electron chi connectivity index (χ2n) is 8.41. The van der Waals surface area contributed by atoms with Crippen molar-refractivity contribution in [2.24, 2.45) is 0 Å². The van der Waals surface area contributed by atoms with Crippen molar-refractivity contribution < 1.29 is 9.47 Å². The van der Waals surface area contributed by atoms with Crippen LogP contribution in [0.4, 0.5) is 0 Å². The molecule has 2 heteroatoms. The molecular weight excluding hydrogens is 392 g/mol. The van der Waals surface area contributed by atoms with E-state index in [1.165, 1.54) is 59.9 Å². The van der Waals surface area contributed by atoms with Gasteiger partial charge in [-0.1, -0.05) is 99.7 Å². The molecule has 0 amide bonds. The highest BCUT2D eigenvalue weighted by atomic mass is 16.5. The highest BCUT2D eigenvalue weighted by Crippen LogP contribution is 2.33. The summed E-state index contributed by atoms with van der Waals surface area (Å²) in [6.45, 7) is 7.92. The monoisotopic (exact) mass is 430 g/mol. The van der Waals surface area contributed by atoms with Crippen molar-refractivity contribution in [2.75, 3.05) is 13.2 Å². The van der Waals surface area contributed by atoms with E-state index in [1.807, 2.05) is 6.92 Å². The Balaban J connectivity index is 1.64. The average Bonchev–Trinajstić information content (AvgIpc) is 2.84. The molecule has 3 aromatic carbocycles. The van der Waals surface area contributed by atoms with Crippen LogP contribution in [0.2, 0.25) is 0 Å². The average molecular weight is 431 g/mol. The van der Waals surface area contributed by atoms with Gasteiger partial charge < -0.3 is 9.47 Å². The van der Waals surface area contributed by atoms with Crippen LogP contribution in [0.5, 0.6) is 5.75 Å². The van der Waals surface area contributed by atoms with Gasteiger partial charge >= 0.3 is 0 Å². The molecule has 0 fully saturated rings. The first kappa shape index (κ1) is 24.1. The maximum absolute atomic E-state index is 5.96. The summed E-state index contributed by atoms with van der Waals surface area (Å²) in [6.07, 6.45) is 7.81. The number of hydrogen-bond acceptors (Lipinski definition) is 2. The summed E-state index contributed by atoms with van der Waals surface area (Å²) in [5.74, 6) is 0.953. The molecule has 0 bridgehead atoms. The maximum Gasteiger partial charge on any atom is 0.119 e. The second-order valence-corrected chi connectivity index (χ2v) is 8.41. The molecule has 3 aromatic rings. The number of hydrogen-bond donors (Lipinski definition) is 0. The van der Waals surface area contributed by atoms with E-state index in [9.17, 15) is 0 Å². The molecule has 2 nitrogen and oxygen atoms in total. The van der Waals surface area contributed by atoms with Crippen LogP contribution in [0, 0.1) is 0 Å². The lowest BCUT2D eigenvalue weighted by Crippen LogP contribution is -1.99. The normalized spacial score (nSPS) is 12.0. The van der Waals surface area contributed by atoms with Gasteiger partial charge in [0, 0.05) is 6.61 Å². The first-order valence-corrected chi connectivity index (χ1v) is 12.3. The van der Waals surface area contributed by atoms with E-state index in [4.69, 9.17) is 9.47 Å². The van der Waals surface area contributed by atoms with Gasteiger partial charge in [-0.25, -0.2) is 0 Å². The summed E-state index contributed by atoms with van der Waals surface area (Å²) in [7, 11) is 0. The third kappa shape index (κ3) is 6.97. The van der Waals surface area contributed by atoms with E-state index in [0.29, 0.717) is 0 Å². The molecule has 0 saturated heterocycles. The Hall–Kier alpha value is -2.58. The fraction of sp³-hybridized carbons (Fsp3) is 0.400.